The van der Waals surface area contributed by atoms with Crippen LogP contribution in [0.3, 0.4) is 0 Å². The molecule has 148 valence electrons. The number of carbonyl (C=O) groups is 1. The van der Waals surface area contributed by atoms with E-state index >= 15 is 0 Å². The van der Waals surface area contributed by atoms with Gasteiger partial charge in [-0.3, -0.25) is 9.69 Å². The summed E-state index contributed by atoms with van der Waals surface area (Å²) < 4.78 is 5.47. The summed E-state index contributed by atoms with van der Waals surface area (Å²) in [6.45, 7) is 8.67. The predicted octanol–water partition coefficient (Wildman–Crippen LogP) is 2.26. The summed E-state index contributed by atoms with van der Waals surface area (Å²) in [5.41, 5.74) is 0.784. The highest BCUT2D eigenvalue weighted by molar-refractivity contribution is 5.99. The molecule has 3 aliphatic heterocycles. The number of carbonyl (C=O) groups excluding carboxylic acids is 1. The molecule has 1 amide bonds. The van der Waals surface area contributed by atoms with Crippen LogP contribution in [0.15, 0.2) is 18.3 Å². The zero-order chi connectivity index (χ0) is 18.5. The van der Waals surface area contributed by atoms with Crippen LogP contribution in [-0.2, 0) is 4.74 Å². The van der Waals surface area contributed by atoms with Crippen molar-refractivity contribution in [3.05, 3.63) is 23.9 Å². The van der Waals surface area contributed by atoms with Crippen LogP contribution < -0.4 is 4.90 Å². The van der Waals surface area contributed by atoms with E-state index in [2.05, 4.69) is 14.8 Å². The molecular weight excluding hydrogens is 340 g/mol. The molecule has 3 fully saturated rings. The molecular formula is C21H32N4O2. The van der Waals surface area contributed by atoms with Crippen molar-refractivity contribution < 1.29 is 9.53 Å². The van der Waals surface area contributed by atoms with Crippen molar-refractivity contribution in [1.29, 1.82) is 0 Å². The fourth-order valence-corrected chi connectivity index (χ4v) is 4.64. The molecule has 0 aromatic carbocycles. The Morgan fingerprint density at radius 2 is 1.89 bits per heavy atom. The van der Waals surface area contributed by atoms with Gasteiger partial charge in [-0.15, -0.1) is 0 Å². The fourth-order valence-electron chi connectivity index (χ4n) is 4.64. The predicted molar refractivity (Wildman–Crippen MR) is 106 cm³/mol. The maximum absolute atomic E-state index is 13.1. The van der Waals surface area contributed by atoms with Gasteiger partial charge in [-0.1, -0.05) is 0 Å². The second-order valence-corrected chi connectivity index (χ2v) is 8.09. The Labute approximate surface area is 162 Å². The third-order valence-corrected chi connectivity index (χ3v) is 6.10. The quantitative estimate of drug-likeness (QED) is 0.811. The number of hydrogen-bond acceptors (Lipinski definition) is 5. The molecule has 1 aromatic heterocycles. The van der Waals surface area contributed by atoms with E-state index < -0.39 is 0 Å². The minimum Gasteiger partial charge on any atom is -0.379 e. The number of morpholine rings is 1. The van der Waals surface area contributed by atoms with Crippen molar-refractivity contribution in [2.24, 2.45) is 5.92 Å². The summed E-state index contributed by atoms with van der Waals surface area (Å²) in [5.74, 6) is 1.68. The number of rotatable bonds is 4. The number of aromatic nitrogens is 1. The van der Waals surface area contributed by atoms with Gasteiger partial charge in [-0.2, -0.15) is 0 Å². The van der Waals surface area contributed by atoms with Gasteiger partial charge in [0, 0.05) is 52.0 Å². The first-order valence-electron chi connectivity index (χ1n) is 10.6. The zero-order valence-corrected chi connectivity index (χ0v) is 16.3. The first-order chi connectivity index (χ1) is 13.3. The van der Waals surface area contributed by atoms with Crippen LogP contribution in [0.2, 0.25) is 0 Å². The van der Waals surface area contributed by atoms with Crippen molar-refractivity contribution in [1.82, 2.24) is 14.8 Å². The minimum atomic E-state index is 0.160. The lowest BCUT2D eigenvalue weighted by atomic mass is 9.96. The van der Waals surface area contributed by atoms with E-state index in [-0.39, 0.29) is 5.91 Å². The molecule has 0 saturated carbocycles. The molecule has 4 heterocycles. The summed E-state index contributed by atoms with van der Waals surface area (Å²) in [6, 6.07) is 3.86. The molecule has 1 atom stereocenters. The molecule has 6 nitrogen and oxygen atoms in total. The number of hydrogen-bond donors (Lipinski definition) is 0. The van der Waals surface area contributed by atoms with Crippen molar-refractivity contribution in [2.45, 2.75) is 32.1 Å². The van der Waals surface area contributed by atoms with Crippen molar-refractivity contribution in [3.8, 4) is 0 Å². The number of ether oxygens (including phenoxy) is 1. The van der Waals surface area contributed by atoms with Crippen LogP contribution in [-0.4, -0.2) is 79.7 Å². The zero-order valence-electron chi connectivity index (χ0n) is 16.3. The fraction of sp³-hybridized carbons (Fsp3) is 0.714. The number of amides is 1. The topological polar surface area (TPSA) is 48.9 Å². The van der Waals surface area contributed by atoms with E-state index in [1.807, 2.05) is 23.2 Å². The van der Waals surface area contributed by atoms with Crippen molar-refractivity contribution in [3.63, 3.8) is 0 Å². The minimum absolute atomic E-state index is 0.160. The average Bonchev–Trinajstić information content (AvgIpc) is 2.75. The van der Waals surface area contributed by atoms with E-state index in [0.717, 1.165) is 83.3 Å². The number of pyridine rings is 1. The Morgan fingerprint density at radius 1 is 1.07 bits per heavy atom. The van der Waals surface area contributed by atoms with E-state index in [9.17, 15) is 4.79 Å². The summed E-state index contributed by atoms with van der Waals surface area (Å²) in [7, 11) is 0. The molecule has 3 aliphatic rings. The molecule has 27 heavy (non-hydrogen) atoms. The molecule has 0 radical (unpaired) electrons. The van der Waals surface area contributed by atoms with E-state index in [4.69, 9.17) is 4.74 Å². The van der Waals surface area contributed by atoms with Gasteiger partial charge in [0.25, 0.3) is 5.91 Å². The first-order valence-corrected chi connectivity index (χ1v) is 10.6. The highest BCUT2D eigenvalue weighted by Gasteiger charge is 2.28. The van der Waals surface area contributed by atoms with Gasteiger partial charge in [0.05, 0.1) is 18.8 Å². The van der Waals surface area contributed by atoms with Gasteiger partial charge in [-0.25, -0.2) is 4.98 Å². The molecule has 0 bridgehead atoms. The number of piperidine rings is 2. The lowest BCUT2D eigenvalue weighted by molar-refractivity contribution is 0.0296. The Kier molecular flexibility index (Phi) is 6.24. The van der Waals surface area contributed by atoms with Gasteiger partial charge in [0.15, 0.2) is 0 Å². The lowest BCUT2D eigenvalue weighted by Crippen LogP contribution is -2.45. The van der Waals surface area contributed by atoms with Crippen LogP contribution >= 0.6 is 0 Å². The molecule has 4 rings (SSSR count). The van der Waals surface area contributed by atoms with Crippen LogP contribution in [0.1, 0.15) is 42.5 Å². The molecule has 3 saturated heterocycles. The number of nitrogens with zero attached hydrogens (tertiary/aromatic N) is 4. The smallest absolute Gasteiger partial charge is 0.257 e. The summed E-state index contributed by atoms with van der Waals surface area (Å²) in [6.07, 6.45) is 7.73. The Balaban J connectivity index is 1.45. The molecule has 0 spiro atoms. The molecule has 0 N–H and O–H groups in total. The van der Waals surface area contributed by atoms with Gasteiger partial charge < -0.3 is 14.5 Å². The summed E-state index contributed by atoms with van der Waals surface area (Å²) >= 11 is 0. The number of likely N-dealkylation sites (tertiary alicyclic amines) is 1. The van der Waals surface area contributed by atoms with Crippen LogP contribution in [0, 0.1) is 5.92 Å². The molecule has 1 unspecified atom stereocenters. The highest BCUT2D eigenvalue weighted by atomic mass is 16.5. The molecule has 0 aliphatic carbocycles. The second-order valence-electron chi connectivity index (χ2n) is 8.09. The monoisotopic (exact) mass is 372 g/mol. The van der Waals surface area contributed by atoms with Crippen LogP contribution in [0.5, 0.6) is 0 Å². The first kappa shape index (κ1) is 18.7. The van der Waals surface area contributed by atoms with Crippen molar-refractivity contribution >= 4 is 11.7 Å². The second kappa shape index (κ2) is 9.02. The maximum Gasteiger partial charge on any atom is 0.257 e. The van der Waals surface area contributed by atoms with E-state index in [0.29, 0.717) is 5.92 Å². The Morgan fingerprint density at radius 3 is 2.70 bits per heavy atom. The third kappa shape index (κ3) is 4.61. The van der Waals surface area contributed by atoms with Crippen LogP contribution in [0.4, 0.5) is 5.82 Å². The normalized spacial score (nSPS) is 24.8. The van der Waals surface area contributed by atoms with Crippen LogP contribution in [0.25, 0.3) is 0 Å². The average molecular weight is 373 g/mol. The molecule has 6 heteroatoms. The summed E-state index contributed by atoms with van der Waals surface area (Å²) in [4.78, 5) is 24.6. The van der Waals surface area contributed by atoms with Gasteiger partial charge in [0.2, 0.25) is 0 Å². The third-order valence-electron chi connectivity index (χ3n) is 6.10. The van der Waals surface area contributed by atoms with Crippen molar-refractivity contribution in [2.75, 3.05) is 63.9 Å². The maximum atomic E-state index is 13.1. The van der Waals surface area contributed by atoms with E-state index in [1.165, 1.54) is 19.3 Å². The Bertz CT molecular complexity index is 626. The highest BCUT2D eigenvalue weighted by Crippen LogP contribution is 2.27. The lowest BCUT2D eigenvalue weighted by Gasteiger charge is -2.38. The largest absolute Gasteiger partial charge is 0.379 e. The van der Waals surface area contributed by atoms with E-state index in [1.54, 1.807) is 0 Å². The SMILES string of the molecule is O=C(c1cccnc1N1CCCC(CN2CCOCC2)C1)N1CCCCC1. The Hall–Kier alpha value is -1.66. The molecule has 1 aromatic rings. The summed E-state index contributed by atoms with van der Waals surface area (Å²) in [5, 5.41) is 0. The standard InChI is InChI=1S/C21H32N4O2/c26-21(24-9-2-1-3-10-24)19-7-4-8-22-20(19)25-11-5-6-18(17-25)16-23-12-14-27-15-13-23/h4,7-8,18H,1-3,5-6,9-17H2. The van der Waals surface area contributed by atoms with Gasteiger partial charge >= 0.3 is 0 Å². The van der Waals surface area contributed by atoms with Gasteiger partial charge in [-0.05, 0) is 50.2 Å². The number of anilines is 1. The van der Waals surface area contributed by atoms with Gasteiger partial charge in [0.1, 0.15) is 5.82 Å².